The Balaban J connectivity index is 1.71. The van der Waals surface area contributed by atoms with Crippen molar-refractivity contribution in [1.82, 2.24) is 0 Å². The molecule has 1 aliphatic carbocycles. The van der Waals surface area contributed by atoms with Crippen LogP contribution < -0.4 is 10.1 Å². The van der Waals surface area contributed by atoms with E-state index in [-0.39, 0.29) is 28.6 Å². The molecule has 0 saturated heterocycles. The van der Waals surface area contributed by atoms with E-state index in [9.17, 15) is 5.11 Å². The van der Waals surface area contributed by atoms with Gasteiger partial charge in [-0.15, -0.1) is 0 Å². The van der Waals surface area contributed by atoms with Crippen molar-refractivity contribution in [2.75, 3.05) is 25.1 Å². The number of phenols is 1. The number of rotatable bonds is 6. The molecule has 2 aromatic carbocycles. The number of benzene rings is 2. The number of aromatic hydroxyl groups is 1. The van der Waals surface area contributed by atoms with E-state index in [2.05, 4.69) is 23.5 Å². The second kappa shape index (κ2) is 8.24. The predicted molar refractivity (Wildman–Crippen MR) is 113 cm³/mol. The van der Waals surface area contributed by atoms with Crippen LogP contribution in [-0.2, 0) is 4.74 Å². The fourth-order valence-corrected chi connectivity index (χ4v) is 4.71. The molecule has 4 nitrogen and oxygen atoms in total. The van der Waals surface area contributed by atoms with Gasteiger partial charge in [-0.3, -0.25) is 0 Å². The molecule has 0 bridgehead atoms. The number of hydrogen-bond donors (Lipinski definition) is 2. The van der Waals surface area contributed by atoms with Crippen LogP contribution in [0.25, 0.3) is 0 Å². The molecular weight excluding hydrogens is 397 g/mol. The van der Waals surface area contributed by atoms with E-state index in [0.717, 1.165) is 17.9 Å². The number of fused-ring (bicyclic) bond motifs is 3. The largest absolute Gasteiger partial charge is 0.506 e. The first-order chi connectivity index (χ1) is 13.6. The highest BCUT2D eigenvalue weighted by Gasteiger charge is 2.40. The lowest BCUT2D eigenvalue weighted by Crippen LogP contribution is -2.29. The van der Waals surface area contributed by atoms with Crippen molar-refractivity contribution in [3.63, 3.8) is 0 Å². The van der Waals surface area contributed by atoms with Crippen molar-refractivity contribution >= 4 is 28.9 Å². The van der Waals surface area contributed by atoms with E-state index in [1.807, 2.05) is 19.1 Å². The molecule has 2 aromatic rings. The highest BCUT2D eigenvalue weighted by molar-refractivity contribution is 6.35. The SMILES string of the molecule is CCOCCOc1cccc2c1NC(c1cc(Cl)cc(Cl)c1O)C1CC=CC21. The zero-order chi connectivity index (χ0) is 19.7. The van der Waals surface area contributed by atoms with E-state index in [1.165, 1.54) is 5.56 Å². The molecule has 3 atom stereocenters. The molecule has 28 heavy (non-hydrogen) atoms. The molecular formula is C22H23Cl2NO3. The molecule has 4 rings (SSSR count). The zero-order valence-electron chi connectivity index (χ0n) is 15.6. The highest BCUT2D eigenvalue weighted by Crippen LogP contribution is 2.54. The molecule has 0 amide bonds. The van der Waals surface area contributed by atoms with Gasteiger partial charge in [0.25, 0.3) is 0 Å². The lowest BCUT2D eigenvalue weighted by molar-refractivity contribution is 0.110. The van der Waals surface area contributed by atoms with Gasteiger partial charge in [0.1, 0.15) is 18.1 Å². The topological polar surface area (TPSA) is 50.7 Å². The molecule has 0 saturated carbocycles. The van der Waals surface area contributed by atoms with Crippen molar-refractivity contribution in [2.45, 2.75) is 25.3 Å². The summed E-state index contributed by atoms with van der Waals surface area (Å²) in [5, 5.41) is 15.0. The average molecular weight is 420 g/mol. The first-order valence-corrected chi connectivity index (χ1v) is 10.3. The first-order valence-electron chi connectivity index (χ1n) is 9.54. The summed E-state index contributed by atoms with van der Waals surface area (Å²) < 4.78 is 11.4. The standard InChI is InChI=1S/C22H23Cl2NO3/c1-2-27-9-10-28-19-8-4-7-16-14-5-3-6-15(14)20(25-21(16)19)17-11-13(23)12-18(24)22(17)26/h3-5,7-8,11-12,14-15,20,25-26H,2,6,9-10H2,1H3. The number of para-hydroxylation sites is 1. The summed E-state index contributed by atoms with van der Waals surface area (Å²) in [5.41, 5.74) is 2.87. The molecule has 0 fully saturated rings. The van der Waals surface area contributed by atoms with E-state index in [4.69, 9.17) is 32.7 Å². The van der Waals surface area contributed by atoms with Crippen LogP contribution in [0.1, 0.15) is 36.4 Å². The lowest BCUT2D eigenvalue weighted by atomic mass is 9.76. The summed E-state index contributed by atoms with van der Waals surface area (Å²) >= 11 is 12.4. The molecule has 1 heterocycles. The van der Waals surface area contributed by atoms with Crippen LogP contribution in [0.5, 0.6) is 11.5 Å². The highest BCUT2D eigenvalue weighted by atomic mass is 35.5. The number of nitrogens with one attached hydrogen (secondary N) is 1. The average Bonchev–Trinajstić information content (AvgIpc) is 3.18. The van der Waals surface area contributed by atoms with Crippen molar-refractivity contribution in [1.29, 1.82) is 0 Å². The van der Waals surface area contributed by atoms with Crippen LogP contribution >= 0.6 is 23.2 Å². The Hall–Kier alpha value is -1.88. The molecule has 6 heteroatoms. The summed E-state index contributed by atoms with van der Waals surface area (Å²) in [6, 6.07) is 9.34. The van der Waals surface area contributed by atoms with Gasteiger partial charge in [-0.1, -0.05) is 47.5 Å². The molecule has 3 unspecified atom stereocenters. The minimum Gasteiger partial charge on any atom is -0.506 e. The first kappa shape index (κ1) is 19.4. The third-order valence-corrected chi connectivity index (χ3v) is 5.95. The number of phenolic OH excluding ortho intramolecular Hbond substituents is 1. The molecule has 148 valence electrons. The fourth-order valence-electron chi connectivity index (χ4n) is 4.20. The molecule has 2 aliphatic rings. The van der Waals surface area contributed by atoms with Gasteiger partial charge < -0.3 is 19.9 Å². The van der Waals surface area contributed by atoms with E-state index in [1.54, 1.807) is 12.1 Å². The number of halogens is 2. The summed E-state index contributed by atoms with van der Waals surface area (Å²) in [4.78, 5) is 0. The van der Waals surface area contributed by atoms with Gasteiger partial charge in [-0.05, 0) is 43.0 Å². The van der Waals surface area contributed by atoms with E-state index in [0.29, 0.717) is 30.4 Å². The van der Waals surface area contributed by atoms with Gasteiger partial charge in [0.05, 0.1) is 23.4 Å². The number of allylic oxidation sites excluding steroid dienone is 2. The smallest absolute Gasteiger partial charge is 0.142 e. The number of ether oxygens (including phenoxy) is 2. The minimum atomic E-state index is -0.125. The van der Waals surface area contributed by atoms with Crippen molar-refractivity contribution in [2.24, 2.45) is 5.92 Å². The van der Waals surface area contributed by atoms with Crippen molar-refractivity contribution < 1.29 is 14.6 Å². The molecule has 0 aromatic heterocycles. The monoisotopic (exact) mass is 419 g/mol. The fraction of sp³-hybridized carbons (Fsp3) is 0.364. The van der Waals surface area contributed by atoms with Gasteiger partial charge in [0.15, 0.2) is 0 Å². The summed E-state index contributed by atoms with van der Waals surface area (Å²) in [7, 11) is 0. The third-order valence-electron chi connectivity index (χ3n) is 5.44. The summed E-state index contributed by atoms with van der Waals surface area (Å²) in [6.45, 7) is 3.65. The molecule has 0 spiro atoms. The van der Waals surface area contributed by atoms with Gasteiger partial charge in [0, 0.05) is 23.1 Å². The second-order valence-corrected chi connectivity index (χ2v) is 7.91. The Labute approximate surface area is 175 Å². The van der Waals surface area contributed by atoms with Crippen LogP contribution in [-0.4, -0.2) is 24.9 Å². The number of hydrogen-bond acceptors (Lipinski definition) is 4. The van der Waals surface area contributed by atoms with E-state index < -0.39 is 0 Å². The Kier molecular flexibility index (Phi) is 5.72. The van der Waals surface area contributed by atoms with Crippen molar-refractivity contribution in [3.8, 4) is 11.5 Å². The predicted octanol–water partition coefficient (Wildman–Crippen LogP) is 5.94. The minimum absolute atomic E-state index is 0.0763. The number of anilines is 1. The maximum Gasteiger partial charge on any atom is 0.142 e. The Morgan fingerprint density at radius 3 is 2.86 bits per heavy atom. The van der Waals surface area contributed by atoms with Crippen molar-refractivity contribution in [3.05, 3.63) is 63.7 Å². The molecule has 2 N–H and O–H groups in total. The Bertz CT molecular complexity index is 900. The van der Waals surface area contributed by atoms with Gasteiger partial charge in [0.2, 0.25) is 0 Å². The quantitative estimate of drug-likeness (QED) is 0.449. The zero-order valence-corrected chi connectivity index (χ0v) is 17.1. The maximum atomic E-state index is 10.6. The summed E-state index contributed by atoms with van der Waals surface area (Å²) in [5.74, 6) is 1.38. The molecule has 0 radical (unpaired) electrons. The maximum absolute atomic E-state index is 10.6. The second-order valence-electron chi connectivity index (χ2n) is 7.07. The van der Waals surface area contributed by atoms with Gasteiger partial charge in [-0.25, -0.2) is 0 Å². The van der Waals surface area contributed by atoms with Crippen LogP contribution in [0.3, 0.4) is 0 Å². The normalized spacial score (nSPS) is 22.5. The van der Waals surface area contributed by atoms with Gasteiger partial charge in [-0.2, -0.15) is 0 Å². The summed E-state index contributed by atoms with van der Waals surface area (Å²) in [6.07, 6.45) is 5.36. The van der Waals surface area contributed by atoms with Crippen LogP contribution in [0.15, 0.2) is 42.5 Å². The van der Waals surface area contributed by atoms with E-state index >= 15 is 0 Å². The Morgan fingerprint density at radius 2 is 2.04 bits per heavy atom. The lowest BCUT2D eigenvalue weighted by Gasteiger charge is -2.38. The van der Waals surface area contributed by atoms with Gasteiger partial charge >= 0.3 is 0 Å². The van der Waals surface area contributed by atoms with Crippen LogP contribution in [0, 0.1) is 5.92 Å². The third kappa shape index (κ3) is 3.57. The van der Waals surface area contributed by atoms with Crippen LogP contribution in [0.2, 0.25) is 10.0 Å². The molecule has 1 aliphatic heterocycles. The Morgan fingerprint density at radius 1 is 1.18 bits per heavy atom. The van der Waals surface area contributed by atoms with Crippen LogP contribution in [0.4, 0.5) is 5.69 Å².